The fraction of sp³-hybridized carbons (Fsp3) is 0.414. The highest BCUT2D eigenvalue weighted by Gasteiger charge is 2.41. The number of alkyl halides is 4. The number of amides is 1. The summed E-state index contributed by atoms with van der Waals surface area (Å²) >= 11 is 0. The predicted octanol–water partition coefficient (Wildman–Crippen LogP) is 4.91. The number of hydrogen-bond donors (Lipinski definition) is 3. The van der Waals surface area contributed by atoms with Crippen LogP contribution in [0.2, 0.25) is 0 Å². The van der Waals surface area contributed by atoms with Gasteiger partial charge < -0.3 is 15.5 Å². The third-order valence-corrected chi connectivity index (χ3v) is 8.18. The lowest BCUT2D eigenvalue weighted by Crippen LogP contribution is -2.43. The van der Waals surface area contributed by atoms with Gasteiger partial charge >= 0.3 is 6.18 Å². The molecule has 1 saturated heterocycles. The van der Waals surface area contributed by atoms with Gasteiger partial charge in [-0.25, -0.2) is 4.39 Å². The molecule has 1 amide bonds. The number of halogens is 4. The third kappa shape index (κ3) is 5.66. The Kier molecular flexibility index (Phi) is 7.78. The van der Waals surface area contributed by atoms with Crippen LogP contribution in [0.25, 0.3) is 11.4 Å². The number of hydrogen-bond acceptors (Lipinski definition) is 5. The van der Waals surface area contributed by atoms with Crippen molar-refractivity contribution in [3.63, 3.8) is 0 Å². The number of carbonyl (C=O) groups is 2. The van der Waals surface area contributed by atoms with E-state index >= 15 is 4.39 Å². The van der Waals surface area contributed by atoms with Gasteiger partial charge in [-0.15, -0.1) is 0 Å². The highest BCUT2D eigenvalue weighted by Crippen LogP contribution is 2.43. The lowest BCUT2D eigenvalue weighted by molar-refractivity contribution is -0.138. The van der Waals surface area contributed by atoms with Gasteiger partial charge in [0.05, 0.1) is 23.0 Å². The number of H-pyrrole nitrogens is 1. The van der Waals surface area contributed by atoms with Gasteiger partial charge in [0, 0.05) is 54.3 Å². The van der Waals surface area contributed by atoms with E-state index in [0.29, 0.717) is 57.0 Å². The van der Waals surface area contributed by atoms with E-state index in [1.165, 1.54) is 6.07 Å². The topological polar surface area (TPSA) is 104 Å². The van der Waals surface area contributed by atoms with E-state index in [4.69, 9.17) is 5.73 Å². The largest absolute Gasteiger partial charge is 0.416 e. The second kappa shape index (κ2) is 11.1. The molecule has 3 heterocycles. The Labute approximate surface area is 229 Å². The summed E-state index contributed by atoms with van der Waals surface area (Å²) in [6, 6.07) is 9.02. The van der Waals surface area contributed by atoms with Gasteiger partial charge in [0.15, 0.2) is 0 Å². The van der Waals surface area contributed by atoms with Crippen molar-refractivity contribution in [3.8, 4) is 11.4 Å². The molecule has 0 spiro atoms. The molecule has 1 aliphatic carbocycles. The average molecular weight is 558 g/mol. The second-order valence-electron chi connectivity index (χ2n) is 10.6. The van der Waals surface area contributed by atoms with Crippen LogP contribution in [0.4, 0.5) is 17.6 Å². The van der Waals surface area contributed by atoms with Gasteiger partial charge in [0.1, 0.15) is 12.0 Å². The second-order valence-corrected chi connectivity index (χ2v) is 10.6. The van der Waals surface area contributed by atoms with E-state index in [-0.39, 0.29) is 17.6 Å². The molecule has 2 aromatic heterocycles. The Hall–Kier alpha value is -3.57. The number of aldehydes is 1. The lowest BCUT2D eigenvalue weighted by atomic mass is 9.79. The molecule has 1 saturated carbocycles. The molecule has 1 aromatic carbocycles. The summed E-state index contributed by atoms with van der Waals surface area (Å²) in [6.07, 6.45) is 1.57. The van der Waals surface area contributed by atoms with Crippen LogP contribution in [-0.4, -0.2) is 52.2 Å². The van der Waals surface area contributed by atoms with E-state index in [0.717, 1.165) is 23.5 Å². The number of aromatic nitrogens is 2. The number of nitrogens with zero attached hydrogens (tertiary/aromatic N) is 2. The summed E-state index contributed by atoms with van der Waals surface area (Å²) in [5.74, 6) is -1.03. The van der Waals surface area contributed by atoms with Crippen LogP contribution in [-0.2, 0) is 16.6 Å². The van der Waals surface area contributed by atoms with Crippen molar-refractivity contribution < 1.29 is 27.2 Å². The third-order valence-electron chi connectivity index (χ3n) is 8.18. The average Bonchev–Trinajstić information content (AvgIpc) is 3.64. The maximum Gasteiger partial charge on any atom is 0.416 e. The first-order chi connectivity index (χ1) is 19.1. The summed E-state index contributed by atoms with van der Waals surface area (Å²) in [4.78, 5) is 33.6. The van der Waals surface area contributed by atoms with Crippen LogP contribution in [0.5, 0.6) is 0 Å². The number of carbonyl (C=O) groups excluding carboxylic acids is 2. The van der Waals surface area contributed by atoms with Gasteiger partial charge in [-0.05, 0) is 62.4 Å². The van der Waals surface area contributed by atoms with Gasteiger partial charge in [-0.2, -0.15) is 13.2 Å². The molecular formula is C29H31F4N5O2. The van der Waals surface area contributed by atoms with E-state index in [9.17, 15) is 22.8 Å². The van der Waals surface area contributed by atoms with Crippen LogP contribution in [0, 0.1) is 0 Å². The Morgan fingerprint density at radius 3 is 2.52 bits per heavy atom. The first-order valence-corrected chi connectivity index (χ1v) is 13.3. The van der Waals surface area contributed by atoms with Crippen molar-refractivity contribution in [1.29, 1.82) is 0 Å². The zero-order valence-electron chi connectivity index (χ0n) is 21.8. The molecule has 0 unspecified atom stereocenters. The monoisotopic (exact) mass is 557 g/mol. The molecule has 3 aromatic rings. The highest BCUT2D eigenvalue weighted by molar-refractivity contribution is 5.96. The molecule has 0 radical (unpaired) electrons. The maximum atomic E-state index is 15.9. The number of aromatic amines is 1. The summed E-state index contributed by atoms with van der Waals surface area (Å²) in [5.41, 5.74) is 4.20. The molecule has 2 fully saturated rings. The standard InChI is InChI=1S/C29H31F4N5O2/c30-28(18-6-7-24(36-15-18)23-5-2-13-35-23)11-8-20(9-12-28)38-14-10-19(16-38)37-25(17-39)26-21(27(34)40)3-1-4-22(26)29(31,32)33/h1-7,13,15,17,19-20,25,35,37H,8-12,14,16H2,(H2,34,40)/t19-,20?,25+,28?/m1/s1. The van der Waals surface area contributed by atoms with Crippen LogP contribution in [0.1, 0.15) is 65.2 Å². The minimum atomic E-state index is -4.76. The van der Waals surface area contributed by atoms with Gasteiger partial charge in [-0.1, -0.05) is 12.1 Å². The molecule has 2 atom stereocenters. The van der Waals surface area contributed by atoms with Crippen LogP contribution in [0.3, 0.4) is 0 Å². The van der Waals surface area contributed by atoms with Crippen molar-refractivity contribution in [2.45, 2.75) is 62.1 Å². The van der Waals surface area contributed by atoms with Crippen LogP contribution >= 0.6 is 0 Å². The number of nitrogens with one attached hydrogen (secondary N) is 2. The molecule has 7 nitrogen and oxygen atoms in total. The summed E-state index contributed by atoms with van der Waals surface area (Å²) in [5, 5.41) is 3.02. The zero-order chi connectivity index (χ0) is 28.5. The Morgan fingerprint density at radius 2 is 1.93 bits per heavy atom. The number of likely N-dealkylation sites (tertiary alicyclic amines) is 1. The molecule has 2 aliphatic rings. The van der Waals surface area contributed by atoms with E-state index in [2.05, 4.69) is 20.2 Å². The zero-order valence-corrected chi connectivity index (χ0v) is 21.8. The molecule has 4 N–H and O–H groups in total. The fourth-order valence-corrected chi connectivity index (χ4v) is 6.08. The summed E-state index contributed by atoms with van der Waals surface area (Å²) in [7, 11) is 0. The minimum absolute atomic E-state index is 0.125. The van der Waals surface area contributed by atoms with E-state index < -0.39 is 34.9 Å². The maximum absolute atomic E-state index is 15.9. The van der Waals surface area contributed by atoms with Gasteiger partial charge in [-0.3, -0.25) is 20.0 Å². The number of primary amides is 1. The Morgan fingerprint density at radius 1 is 1.15 bits per heavy atom. The normalized spacial score (nSPS) is 24.6. The Bertz CT molecular complexity index is 1340. The lowest BCUT2D eigenvalue weighted by Gasteiger charge is -2.38. The molecular weight excluding hydrogens is 526 g/mol. The number of rotatable bonds is 8. The Balaban J connectivity index is 1.22. The number of benzene rings is 1. The molecule has 5 rings (SSSR count). The first-order valence-electron chi connectivity index (χ1n) is 13.3. The van der Waals surface area contributed by atoms with E-state index in [1.807, 2.05) is 18.2 Å². The molecule has 0 bridgehead atoms. The van der Waals surface area contributed by atoms with Crippen molar-refractivity contribution >= 4 is 12.2 Å². The van der Waals surface area contributed by atoms with Crippen LogP contribution < -0.4 is 11.1 Å². The molecule has 40 heavy (non-hydrogen) atoms. The van der Waals surface area contributed by atoms with E-state index in [1.54, 1.807) is 18.5 Å². The SMILES string of the molecule is NC(=O)c1cccc(C(F)(F)F)c1[C@H](C=O)N[C@@H]1CCN(C2CCC(F)(c3ccc(-c4ccc[nH]4)nc3)CC2)C1. The van der Waals surface area contributed by atoms with Crippen molar-refractivity contribution in [1.82, 2.24) is 20.2 Å². The van der Waals surface area contributed by atoms with Crippen molar-refractivity contribution in [2.75, 3.05) is 13.1 Å². The van der Waals surface area contributed by atoms with Crippen molar-refractivity contribution in [3.05, 3.63) is 77.1 Å². The predicted molar refractivity (Wildman–Crippen MR) is 141 cm³/mol. The summed E-state index contributed by atoms with van der Waals surface area (Å²) in [6.45, 7) is 1.17. The number of nitrogens with two attached hydrogens (primary N) is 1. The van der Waals surface area contributed by atoms with Gasteiger partial charge in [0.25, 0.3) is 0 Å². The molecule has 212 valence electrons. The first kappa shape index (κ1) is 28.0. The molecule has 1 aliphatic heterocycles. The minimum Gasteiger partial charge on any atom is -0.366 e. The smallest absolute Gasteiger partial charge is 0.366 e. The molecule has 11 heteroatoms. The fourth-order valence-electron chi connectivity index (χ4n) is 6.08. The quantitative estimate of drug-likeness (QED) is 0.270. The highest BCUT2D eigenvalue weighted by atomic mass is 19.4. The number of pyridine rings is 1. The van der Waals surface area contributed by atoms with Crippen LogP contribution in [0.15, 0.2) is 54.9 Å². The summed E-state index contributed by atoms with van der Waals surface area (Å²) < 4.78 is 57.1. The van der Waals surface area contributed by atoms with Gasteiger partial charge in [0.2, 0.25) is 5.91 Å². The van der Waals surface area contributed by atoms with Crippen molar-refractivity contribution in [2.24, 2.45) is 5.73 Å².